The number of rotatable bonds is 4. The van der Waals surface area contributed by atoms with Crippen molar-refractivity contribution in [2.24, 2.45) is 5.14 Å². The molecule has 0 saturated carbocycles. The van der Waals surface area contributed by atoms with Crippen LogP contribution in [0.2, 0.25) is 10.0 Å². The van der Waals surface area contributed by atoms with E-state index in [2.05, 4.69) is 0 Å². The number of nitrogens with zero attached hydrogens (tertiary/aromatic N) is 1. The smallest absolute Gasteiger partial charge is 0.340 e. The van der Waals surface area contributed by atoms with E-state index in [4.69, 9.17) is 37.8 Å². The van der Waals surface area contributed by atoms with E-state index in [0.29, 0.717) is 13.1 Å². The summed E-state index contributed by atoms with van der Waals surface area (Å²) in [5.74, 6) is -1.35. The van der Waals surface area contributed by atoms with Crippen LogP contribution in [0.5, 0.6) is 0 Å². The summed E-state index contributed by atoms with van der Waals surface area (Å²) < 4.78 is 33.5. The molecule has 0 bridgehead atoms. The molecule has 1 aromatic carbocycles. The van der Waals surface area contributed by atoms with Crippen LogP contribution in [-0.2, 0) is 24.3 Å². The molecule has 1 heterocycles. The van der Waals surface area contributed by atoms with Crippen LogP contribution in [0.1, 0.15) is 24.2 Å². The standard InChI is InChI=1S/C15H18Cl2N2O6S/c1-8-5-19(6-9(2)25-8)14(20)7-24-15(21)10-3-13(26(18,22)23)12(17)4-11(10)16/h3-4,8-9H,5-7H2,1-2H3,(H2,18,22,23)/t8-,9+. The molecule has 0 aromatic heterocycles. The lowest BCUT2D eigenvalue weighted by atomic mass is 10.2. The number of esters is 1. The van der Waals surface area contributed by atoms with Crippen LogP contribution >= 0.6 is 23.2 Å². The molecule has 2 rings (SSSR count). The van der Waals surface area contributed by atoms with Crippen molar-refractivity contribution in [1.82, 2.24) is 4.90 Å². The van der Waals surface area contributed by atoms with Crippen LogP contribution in [0.15, 0.2) is 17.0 Å². The summed E-state index contributed by atoms with van der Waals surface area (Å²) in [6, 6.07) is 2.00. The van der Waals surface area contributed by atoms with Gasteiger partial charge in [0.25, 0.3) is 5.91 Å². The second-order valence-corrected chi connectivity index (χ2v) is 8.28. The second-order valence-electron chi connectivity index (χ2n) is 5.94. The molecular weight excluding hydrogens is 407 g/mol. The van der Waals surface area contributed by atoms with E-state index in [0.717, 1.165) is 12.1 Å². The average Bonchev–Trinajstić information content (AvgIpc) is 2.50. The first-order valence-electron chi connectivity index (χ1n) is 7.61. The number of carbonyl (C=O) groups is 2. The third-order valence-corrected chi connectivity index (χ3v) is 5.34. The van der Waals surface area contributed by atoms with Crippen LogP contribution in [0.25, 0.3) is 0 Å². The van der Waals surface area contributed by atoms with Gasteiger partial charge >= 0.3 is 5.97 Å². The van der Waals surface area contributed by atoms with Crippen molar-refractivity contribution < 1.29 is 27.5 Å². The van der Waals surface area contributed by atoms with E-state index >= 15 is 0 Å². The van der Waals surface area contributed by atoms with Crippen LogP contribution < -0.4 is 5.14 Å². The molecule has 2 atom stereocenters. The fraction of sp³-hybridized carbons (Fsp3) is 0.467. The molecule has 1 amide bonds. The summed E-state index contributed by atoms with van der Waals surface area (Å²) in [6.45, 7) is 3.94. The number of benzene rings is 1. The van der Waals surface area contributed by atoms with E-state index < -0.39 is 33.4 Å². The largest absolute Gasteiger partial charge is 0.452 e. The molecule has 0 aliphatic carbocycles. The van der Waals surface area contributed by atoms with E-state index in [1.54, 1.807) is 0 Å². The first kappa shape index (κ1) is 20.9. The van der Waals surface area contributed by atoms with Gasteiger partial charge in [0.05, 0.1) is 27.8 Å². The average molecular weight is 425 g/mol. The zero-order valence-corrected chi connectivity index (χ0v) is 16.4. The number of primary sulfonamides is 1. The first-order valence-corrected chi connectivity index (χ1v) is 9.91. The van der Waals surface area contributed by atoms with Crippen molar-refractivity contribution >= 4 is 45.1 Å². The lowest BCUT2D eigenvalue weighted by Crippen LogP contribution is -2.49. The SMILES string of the molecule is C[C@@H]1CN(C(=O)COC(=O)c2cc(S(N)(=O)=O)c(Cl)cc2Cl)C[C@H](C)O1. The number of morpholine rings is 1. The molecule has 1 saturated heterocycles. The fourth-order valence-electron chi connectivity index (χ4n) is 2.58. The Bertz CT molecular complexity index is 820. The quantitative estimate of drug-likeness (QED) is 0.730. The summed E-state index contributed by atoms with van der Waals surface area (Å²) in [5.41, 5.74) is -0.253. The Morgan fingerprint density at radius 3 is 2.35 bits per heavy atom. The van der Waals surface area contributed by atoms with Crippen molar-refractivity contribution in [3.8, 4) is 0 Å². The second kappa shape index (κ2) is 8.10. The maximum absolute atomic E-state index is 12.2. The van der Waals surface area contributed by atoms with Crippen LogP contribution in [-0.4, -0.2) is 57.1 Å². The van der Waals surface area contributed by atoms with Crippen molar-refractivity contribution in [3.63, 3.8) is 0 Å². The number of hydrogen-bond acceptors (Lipinski definition) is 6. The molecule has 0 unspecified atom stereocenters. The molecule has 26 heavy (non-hydrogen) atoms. The van der Waals surface area contributed by atoms with Crippen molar-refractivity contribution in [3.05, 3.63) is 27.7 Å². The highest BCUT2D eigenvalue weighted by Gasteiger charge is 2.27. The number of hydrogen-bond donors (Lipinski definition) is 1. The Balaban J connectivity index is 2.09. The minimum absolute atomic E-state index is 0.117. The number of halogens is 2. The van der Waals surface area contributed by atoms with Crippen LogP contribution in [0, 0.1) is 0 Å². The third kappa shape index (κ3) is 5.08. The van der Waals surface area contributed by atoms with Gasteiger partial charge in [-0.25, -0.2) is 18.4 Å². The van der Waals surface area contributed by atoms with Gasteiger partial charge in [0.1, 0.15) is 4.90 Å². The van der Waals surface area contributed by atoms with Crippen molar-refractivity contribution in [2.75, 3.05) is 19.7 Å². The van der Waals surface area contributed by atoms with E-state index in [9.17, 15) is 18.0 Å². The first-order chi connectivity index (χ1) is 12.0. The van der Waals surface area contributed by atoms with Gasteiger partial charge in [-0.05, 0) is 26.0 Å². The summed E-state index contributed by atoms with van der Waals surface area (Å²) in [4.78, 5) is 25.5. The number of ether oxygens (including phenoxy) is 2. The van der Waals surface area contributed by atoms with Gasteiger partial charge in [-0.3, -0.25) is 4.79 Å². The maximum atomic E-state index is 12.2. The zero-order chi connectivity index (χ0) is 19.6. The van der Waals surface area contributed by atoms with Crippen LogP contribution in [0.3, 0.4) is 0 Å². The molecule has 1 aliphatic rings. The maximum Gasteiger partial charge on any atom is 0.340 e. The predicted molar refractivity (Wildman–Crippen MR) is 94.7 cm³/mol. The highest BCUT2D eigenvalue weighted by molar-refractivity contribution is 7.89. The summed E-state index contributed by atoms with van der Waals surface area (Å²) in [6.07, 6.45) is -0.247. The molecule has 2 N–H and O–H groups in total. The molecule has 1 aromatic rings. The zero-order valence-electron chi connectivity index (χ0n) is 14.1. The Kier molecular flexibility index (Phi) is 6.51. The molecule has 1 fully saturated rings. The lowest BCUT2D eigenvalue weighted by molar-refractivity contribution is -0.146. The molecular formula is C15H18Cl2N2O6S. The van der Waals surface area contributed by atoms with Crippen molar-refractivity contribution in [1.29, 1.82) is 0 Å². The minimum atomic E-state index is -4.15. The summed E-state index contributed by atoms with van der Waals surface area (Å²) >= 11 is 11.7. The Hall–Kier alpha value is -1.39. The summed E-state index contributed by atoms with van der Waals surface area (Å²) in [7, 11) is -4.15. The topological polar surface area (TPSA) is 116 Å². The van der Waals surface area contributed by atoms with Crippen molar-refractivity contribution in [2.45, 2.75) is 31.0 Å². The lowest BCUT2D eigenvalue weighted by Gasteiger charge is -2.35. The number of carbonyl (C=O) groups excluding carboxylic acids is 2. The molecule has 8 nitrogen and oxygen atoms in total. The summed E-state index contributed by atoms with van der Waals surface area (Å²) in [5, 5.41) is 4.70. The highest BCUT2D eigenvalue weighted by atomic mass is 35.5. The highest BCUT2D eigenvalue weighted by Crippen LogP contribution is 2.28. The molecule has 1 aliphatic heterocycles. The van der Waals surface area contributed by atoms with E-state index in [1.807, 2.05) is 13.8 Å². The van der Waals surface area contributed by atoms with E-state index in [-0.39, 0.29) is 27.8 Å². The monoisotopic (exact) mass is 424 g/mol. The Morgan fingerprint density at radius 1 is 1.23 bits per heavy atom. The van der Waals surface area contributed by atoms with Gasteiger partial charge in [0.15, 0.2) is 6.61 Å². The van der Waals surface area contributed by atoms with E-state index in [1.165, 1.54) is 4.90 Å². The fourth-order valence-corrected chi connectivity index (χ4v) is 3.98. The predicted octanol–water partition coefficient (Wildman–Crippen LogP) is 1.43. The molecule has 0 spiro atoms. The van der Waals surface area contributed by atoms with Gasteiger partial charge in [-0.2, -0.15) is 0 Å². The third-order valence-electron chi connectivity index (χ3n) is 3.65. The Labute approximate surface area is 161 Å². The number of amides is 1. The van der Waals surface area contributed by atoms with Gasteiger partial charge in [-0.15, -0.1) is 0 Å². The minimum Gasteiger partial charge on any atom is -0.452 e. The molecule has 11 heteroatoms. The number of nitrogens with two attached hydrogens (primary N) is 1. The van der Waals surface area contributed by atoms with Gasteiger partial charge in [0, 0.05) is 13.1 Å². The normalized spacial score (nSPS) is 20.7. The molecule has 0 radical (unpaired) electrons. The van der Waals surface area contributed by atoms with Crippen LogP contribution in [0.4, 0.5) is 0 Å². The number of sulfonamides is 1. The van der Waals surface area contributed by atoms with Gasteiger partial charge in [0.2, 0.25) is 10.0 Å². The molecule has 144 valence electrons. The van der Waals surface area contributed by atoms with Gasteiger partial charge < -0.3 is 14.4 Å². The van der Waals surface area contributed by atoms with Gasteiger partial charge in [-0.1, -0.05) is 23.2 Å². The Morgan fingerprint density at radius 2 is 1.81 bits per heavy atom.